The molecule has 0 bridgehead atoms. The highest BCUT2D eigenvalue weighted by molar-refractivity contribution is 5.38. The molecule has 1 fully saturated rings. The molecular weight excluding hydrogens is 254 g/mol. The number of aromatic nitrogens is 5. The number of hydrogen-bond acceptors (Lipinski definition) is 6. The zero-order valence-electron chi connectivity index (χ0n) is 11.7. The van der Waals surface area contributed by atoms with Crippen LogP contribution in [0.5, 0.6) is 0 Å². The Morgan fingerprint density at radius 3 is 2.75 bits per heavy atom. The predicted octanol–water partition coefficient (Wildman–Crippen LogP) is 1.70. The summed E-state index contributed by atoms with van der Waals surface area (Å²) in [6, 6.07) is 0.366. The Balaban J connectivity index is 1.80. The van der Waals surface area contributed by atoms with Gasteiger partial charge in [0.2, 0.25) is 17.8 Å². The number of rotatable bonds is 6. The second kappa shape index (κ2) is 5.44. The molecule has 1 saturated carbocycles. The van der Waals surface area contributed by atoms with E-state index in [1.807, 2.05) is 6.20 Å². The van der Waals surface area contributed by atoms with Crippen LogP contribution in [0, 0.1) is 5.92 Å². The first-order valence-corrected chi connectivity index (χ1v) is 6.93. The lowest BCUT2D eigenvalue weighted by Crippen LogP contribution is -2.19. The van der Waals surface area contributed by atoms with Crippen molar-refractivity contribution >= 4 is 11.9 Å². The van der Waals surface area contributed by atoms with Gasteiger partial charge in [-0.1, -0.05) is 12.8 Å². The highest BCUT2D eigenvalue weighted by Crippen LogP contribution is 2.33. The second-order valence-corrected chi connectivity index (χ2v) is 5.23. The molecule has 1 unspecified atom stereocenters. The summed E-state index contributed by atoms with van der Waals surface area (Å²) in [5, 5.41) is 6.31. The lowest BCUT2D eigenvalue weighted by atomic mass is 10.2. The van der Waals surface area contributed by atoms with Crippen molar-refractivity contribution in [2.45, 2.75) is 32.2 Å². The fraction of sp³-hybridized carbons (Fsp3) is 0.538. The molecular formula is C13H19N7. The number of nitrogens with one attached hydrogen (secondary N) is 2. The van der Waals surface area contributed by atoms with Crippen molar-refractivity contribution in [3.63, 3.8) is 0 Å². The lowest BCUT2D eigenvalue weighted by molar-refractivity contribution is 0.636. The molecule has 20 heavy (non-hydrogen) atoms. The fourth-order valence-corrected chi connectivity index (χ4v) is 2.17. The van der Waals surface area contributed by atoms with Gasteiger partial charge in [-0.2, -0.15) is 15.0 Å². The molecule has 2 aromatic heterocycles. The van der Waals surface area contributed by atoms with Crippen LogP contribution in [0.4, 0.5) is 11.9 Å². The Morgan fingerprint density at radius 2 is 2.10 bits per heavy atom. The molecule has 2 aromatic rings. The molecule has 0 saturated heterocycles. The van der Waals surface area contributed by atoms with Gasteiger partial charge in [0, 0.05) is 25.5 Å². The minimum atomic E-state index is 0.366. The maximum absolute atomic E-state index is 4.44. The van der Waals surface area contributed by atoms with Crippen molar-refractivity contribution in [3.8, 4) is 5.95 Å². The summed E-state index contributed by atoms with van der Waals surface area (Å²) in [6.45, 7) is 2.16. The Hall–Kier alpha value is -2.18. The van der Waals surface area contributed by atoms with E-state index in [1.165, 1.54) is 19.3 Å². The standard InChI is InChI=1S/C13H19N7/c1-9(7-10-3-4-10)16-12-17-11(14-2)18-13(19-12)20-6-5-15-8-20/h5-6,8-10H,3-4,7H2,1-2H3,(H2,14,16,17,18,19). The normalized spacial score (nSPS) is 15.9. The first kappa shape index (κ1) is 12.8. The zero-order chi connectivity index (χ0) is 13.9. The van der Waals surface area contributed by atoms with E-state index >= 15 is 0 Å². The third kappa shape index (κ3) is 3.04. The van der Waals surface area contributed by atoms with Crippen molar-refractivity contribution in [1.29, 1.82) is 0 Å². The molecule has 1 aliphatic carbocycles. The van der Waals surface area contributed by atoms with Crippen LogP contribution in [0.2, 0.25) is 0 Å². The lowest BCUT2D eigenvalue weighted by Gasteiger charge is -2.14. The molecule has 3 rings (SSSR count). The molecule has 0 radical (unpaired) electrons. The highest BCUT2D eigenvalue weighted by Gasteiger charge is 2.24. The quantitative estimate of drug-likeness (QED) is 0.834. The Bertz CT molecular complexity index is 562. The van der Waals surface area contributed by atoms with Crippen LogP contribution in [-0.2, 0) is 0 Å². The molecule has 7 nitrogen and oxygen atoms in total. The first-order valence-electron chi connectivity index (χ1n) is 6.93. The van der Waals surface area contributed by atoms with Crippen LogP contribution in [0.15, 0.2) is 18.7 Å². The minimum absolute atomic E-state index is 0.366. The first-order chi connectivity index (χ1) is 9.74. The van der Waals surface area contributed by atoms with Gasteiger partial charge in [-0.15, -0.1) is 0 Å². The molecule has 2 N–H and O–H groups in total. The van der Waals surface area contributed by atoms with Gasteiger partial charge in [0.25, 0.3) is 0 Å². The maximum Gasteiger partial charge on any atom is 0.241 e. The van der Waals surface area contributed by atoms with Crippen LogP contribution in [0.3, 0.4) is 0 Å². The van der Waals surface area contributed by atoms with Gasteiger partial charge in [0.15, 0.2) is 0 Å². The van der Waals surface area contributed by atoms with Gasteiger partial charge in [-0.25, -0.2) is 4.98 Å². The summed E-state index contributed by atoms with van der Waals surface area (Å²) in [5.74, 6) is 2.57. The SMILES string of the molecule is CNc1nc(NC(C)CC2CC2)nc(-n2ccnc2)n1. The average Bonchev–Trinajstić information content (AvgIpc) is 3.08. The minimum Gasteiger partial charge on any atom is -0.357 e. The van der Waals surface area contributed by atoms with E-state index in [9.17, 15) is 0 Å². The van der Waals surface area contributed by atoms with Gasteiger partial charge >= 0.3 is 0 Å². The van der Waals surface area contributed by atoms with Crippen molar-refractivity contribution in [2.24, 2.45) is 5.92 Å². The van der Waals surface area contributed by atoms with Gasteiger partial charge in [-0.05, 0) is 19.3 Å². The van der Waals surface area contributed by atoms with E-state index in [0.717, 1.165) is 5.92 Å². The molecule has 7 heteroatoms. The molecule has 0 amide bonds. The maximum atomic E-state index is 4.44. The topological polar surface area (TPSA) is 80.5 Å². The molecule has 0 aliphatic heterocycles. The third-order valence-electron chi connectivity index (χ3n) is 3.34. The van der Waals surface area contributed by atoms with Gasteiger partial charge in [0.05, 0.1) is 0 Å². The van der Waals surface area contributed by atoms with Crippen molar-refractivity contribution in [1.82, 2.24) is 24.5 Å². The number of hydrogen-bond donors (Lipinski definition) is 2. The second-order valence-electron chi connectivity index (χ2n) is 5.23. The Morgan fingerprint density at radius 1 is 1.30 bits per heavy atom. The largest absolute Gasteiger partial charge is 0.357 e. The van der Waals surface area contributed by atoms with Crippen molar-refractivity contribution in [2.75, 3.05) is 17.7 Å². The van der Waals surface area contributed by atoms with Crippen LogP contribution in [0.25, 0.3) is 5.95 Å². The number of imidazole rings is 1. The van der Waals surface area contributed by atoms with Crippen molar-refractivity contribution in [3.05, 3.63) is 18.7 Å². The monoisotopic (exact) mass is 273 g/mol. The van der Waals surface area contributed by atoms with E-state index in [-0.39, 0.29) is 0 Å². The smallest absolute Gasteiger partial charge is 0.241 e. The van der Waals surface area contributed by atoms with Crippen LogP contribution in [0.1, 0.15) is 26.2 Å². The summed E-state index contributed by atoms with van der Waals surface area (Å²) >= 11 is 0. The van der Waals surface area contributed by atoms with Gasteiger partial charge in [0.1, 0.15) is 6.33 Å². The number of anilines is 2. The predicted molar refractivity (Wildman–Crippen MR) is 76.9 cm³/mol. The summed E-state index contributed by atoms with van der Waals surface area (Å²) in [6.07, 6.45) is 9.06. The average molecular weight is 273 g/mol. The summed E-state index contributed by atoms with van der Waals surface area (Å²) in [4.78, 5) is 17.1. The molecule has 1 aliphatic rings. The summed E-state index contributed by atoms with van der Waals surface area (Å²) in [7, 11) is 1.80. The summed E-state index contributed by atoms with van der Waals surface area (Å²) in [5.41, 5.74) is 0. The van der Waals surface area contributed by atoms with Gasteiger partial charge < -0.3 is 10.6 Å². The zero-order valence-corrected chi connectivity index (χ0v) is 11.7. The van der Waals surface area contributed by atoms with E-state index in [4.69, 9.17) is 0 Å². The van der Waals surface area contributed by atoms with Crippen LogP contribution >= 0.6 is 0 Å². The van der Waals surface area contributed by atoms with E-state index in [0.29, 0.717) is 23.9 Å². The Labute approximate surface area is 117 Å². The van der Waals surface area contributed by atoms with Crippen molar-refractivity contribution < 1.29 is 0 Å². The third-order valence-corrected chi connectivity index (χ3v) is 3.34. The molecule has 106 valence electrons. The summed E-state index contributed by atoms with van der Waals surface area (Å²) < 4.78 is 1.76. The van der Waals surface area contributed by atoms with Crippen LogP contribution in [-0.4, -0.2) is 37.6 Å². The molecule has 2 heterocycles. The van der Waals surface area contributed by atoms with E-state index in [1.54, 1.807) is 24.1 Å². The molecule has 1 atom stereocenters. The fourth-order valence-electron chi connectivity index (χ4n) is 2.17. The molecule has 0 aromatic carbocycles. The number of nitrogens with zero attached hydrogens (tertiary/aromatic N) is 5. The van der Waals surface area contributed by atoms with Gasteiger partial charge in [-0.3, -0.25) is 4.57 Å². The van der Waals surface area contributed by atoms with Crippen LogP contribution < -0.4 is 10.6 Å². The highest BCUT2D eigenvalue weighted by atomic mass is 15.3. The molecule has 0 spiro atoms. The van der Waals surface area contributed by atoms with E-state index in [2.05, 4.69) is 37.5 Å². The Kier molecular flexibility index (Phi) is 3.49. The van der Waals surface area contributed by atoms with E-state index < -0.39 is 0 Å².